The highest BCUT2D eigenvalue weighted by molar-refractivity contribution is 5.98. The van der Waals surface area contributed by atoms with Gasteiger partial charge < -0.3 is 14.7 Å². The molecule has 3 aromatic rings. The Bertz CT molecular complexity index is 1170. The van der Waals surface area contributed by atoms with E-state index in [1.54, 1.807) is 6.07 Å². The van der Waals surface area contributed by atoms with E-state index in [1.165, 1.54) is 17.0 Å². The highest BCUT2D eigenvalue weighted by atomic mass is 19.1. The summed E-state index contributed by atoms with van der Waals surface area (Å²) in [5.74, 6) is -0.0914. The first-order valence-electron chi connectivity index (χ1n) is 9.99. The second-order valence-corrected chi connectivity index (χ2v) is 7.60. The molecule has 1 aromatic heterocycles. The Hall–Kier alpha value is -4.01. The van der Waals surface area contributed by atoms with E-state index in [2.05, 4.69) is 15.8 Å². The molecule has 32 heavy (non-hydrogen) atoms. The third-order valence-corrected chi connectivity index (χ3v) is 5.48. The number of hydrogen-bond acceptors (Lipinski definition) is 5. The summed E-state index contributed by atoms with van der Waals surface area (Å²) in [4.78, 5) is 37.0. The van der Waals surface area contributed by atoms with E-state index >= 15 is 0 Å². The lowest BCUT2D eigenvalue weighted by Gasteiger charge is -2.25. The summed E-state index contributed by atoms with van der Waals surface area (Å²) in [7, 11) is 0. The Balaban J connectivity index is 1.59. The molecule has 0 spiro atoms. The van der Waals surface area contributed by atoms with Gasteiger partial charge in [0.25, 0.3) is 5.91 Å². The van der Waals surface area contributed by atoms with Gasteiger partial charge in [-0.3, -0.25) is 14.9 Å². The zero-order chi connectivity index (χ0) is 22.8. The first-order chi connectivity index (χ1) is 15.4. The number of imide groups is 1. The molecule has 2 aromatic carbocycles. The molecule has 2 heterocycles. The van der Waals surface area contributed by atoms with E-state index in [0.29, 0.717) is 17.9 Å². The molecular weight excluding hydrogens is 415 g/mol. The van der Waals surface area contributed by atoms with Gasteiger partial charge >= 0.3 is 6.03 Å². The minimum absolute atomic E-state index is 0.145. The van der Waals surface area contributed by atoms with Gasteiger partial charge in [0, 0.05) is 24.2 Å². The molecule has 8 nitrogen and oxygen atoms in total. The monoisotopic (exact) mass is 436 g/mol. The molecule has 2 N–H and O–H groups in total. The summed E-state index contributed by atoms with van der Waals surface area (Å²) in [6.07, 6.45) is 0.284. The minimum atomic E-state index is -0.685. The molecule has 0 unspecified atom stereocenters. The summed E-state index contributed by atoms with van der Waals surface area (Å²) in [5.41, 5.74) is 4.34. The van der Waals surface area contributed by atoms with Crippen molar-refractivity contribution in [2.45, 2.75) is 26.4 Å². The predicted molar refractivity (Wildman–Crippen MR) is 113 cm³/mol. The summed E-state index contributed by atoms with van der Waals surface area (Å²) >= 11 is 0. The average Bonchev–Trinajstić information content (AvgIpc) is 3.26. The highest BCUT2D eigenvalue weighted by Gasteiger charge is 2.30. The fraction of sp³-hybridized carbons (Fsp3) is 0.217. The Morgan fingerprint density at radius 3 is 2.66 bits per heavy atom. The molecule has 0 bridgehead atoms. The van der Waals surface area contributed by atoms with Crippen LogP contribution in [0.1, 0.15) is 39.0 Å². The van der Waals surface area contributed by atoms with Crippen molar-refractivity contribution in [1.29, 1.82) is 0 Å². The van der Waals surface area contributed by atoms with Crippen LogP contribution in [0.5, 0.6) is 0 Å². The van der Waals surface area contributed by atoms with Gasteiger partial charge in [-0.2, -0.15) is 0 Å². The van der Waals surface area contributed by atoms with Crippen LogP contribution in [0.15, 0.2) is 47.0 Å². The number of nitrogens with one attached hydrogen (secondary N) is 2. The zero-order valence-electron chi connectivity index (χ0n) is 17.5. The Labute approximate surface area is 183 Å². The molecule has 0 fully saturated rings. The van der Waals surface area contributed by atoms with Gasteiger partial charge in [-0.15, -0.1) is 0 Å². The molecule has 1 aliphatic heterocycles. The number of hydrogen-bond donors (Lipinski definition) is 2. The fourth-order valence-electron chi connectivity index (χ4n) is 3.97. The van der Waals surface area contributed by atoms with Crippen LogP contribution in [0.4, 0.5) is 9.18 Å². The first kappa shape index (κ1) is 21.2. The van der Waals surface area contributed by atoms with Crippen LogP contribution in [0, 0.1) is 19.7 Å². The van der Waals surface area contributed by atoms with Crippen molar-refractivity contribution in [3.05, 3.63) is 76.4 Å². The normalized spacial score (nSPS) is 13.6. The second kappa shape index (κ2) is 8.62. The molecule has 1 aliphatic rings. The highest BCUT2D eigenvalue weighted by Crippen LogP contribution is 2.30. The van der Waals surface area contributed by atoms with Crippen molar-refractivity contribution in [3.8, 4) is 11.1 Å². The average molecular weight is 436 g/mol. The first-order valence-corrected chi connectivity index (χ1v) is 9.99. The van der Waals surface area contributed by atoms with Crippen LogP contribution in [0.3, 0.4) is 0 Å². The van der Waals surface area contributed by atoms with E-state index in [4.69, 9.17) is 4.52 Å². The lowest BCUT2D eigenvalue weighted by molar-refractivity contribution is -0.108. The summed E-state index contributed by atoms with van der Waals surface area (Å²) < 4.78 is 18.8. The molecule has 1 atom stereocenters. The molecule has 9 heteroatoms. The molecule has 4 rings (SSSR count). The van der Waals surface area contributed by atoms with Crippen LogP contribution in [-0.2, 0) is 11.3 Å². The number of rotatable bonds is 6. The summed E-state index contributed by atoms with van der Waals surface area (Å²) in [5, 5.41) is 8.74. The van der Waals surface area contributed by atoms with Crippen molar-refractivity contribution >= 4 is 18.3 Å². The SMILES string of the molecule is Cc1noc(C)c1-c1ccc([C@H](CN2Cc3ccc(F)cc3C2=O)NC(=O)NC=O)cc1. The van der Waals surface area contributed by atoms with Crippen LogP contribution in [-0.4, -0.2) is 34.9 Å². The van der Waals surface area contributed by atoms with Gasteiger partial charge in [0.05, 0.1) is 11.7 Å². The summed E-state index contributed by atoms with van der Waals surface area (Å²) in [6.45, 7) is 4.13. The van der Waals surface area contributed by atoms with Crippen LogP contribution >= 0.6 is 0 Å². The van der Waals surface area contributed by atoms with Crippen molar-refractivity contribution < 1.29 is 23.3 Å². The number of aryl methyl sites for hydroxylation is 2. The Morgan fingerprint density at radius 2 is 2.00 bits per heavy atom. The Kier molecular flexibility index (Phi) is 5.72. The van der Waals surface area contributed by atoms with Gasteiger partial charge in [-0.1, -0.05) is 35.5 Å². The van der Waals surface area contributed by atoms with E-state index in [-0.39, 0.29) is 18.9 Å². The molecule has 4 amide bonds. The van der Waals surface area contributed by atoms with Gasteiger partial charge in [0.15, 0.2) is 0 Å². The summed E-state index contributed by atoms with van der Waals surface area (Å²) in [6, 6.07) is 10.3. The molecule has 0 saturated heterocycles. The van der Waals surface area contributed by atoms with Gasteiger partial charge in [-0.05, 0) is 42.7 Å². The van der Waals surface area contributed by atoms with Crippen LogP contribution in [0.2, 0.25) is 0 Å². The number of nitrogens with zero attached hydrogens (tertiary/aromatic N) is 2. The number of amides is 4. The number of fused-ring (bicyclic) bond motifs is 1. The largest absolute Gasteiger partial charge is 0.361 e. The number of halogens is 1. The zero-order valence-corrected chi connectivity index (χ0v) is 17.5. The quantitative estimate of drug-likeness (QED) is 0.577. The van der Waals surface area contributed by atoms with Crippen LogP contribution < -0.4 is 10.6 Å². The van der Waals surface area contributed by atoms with Crippen molar-refractivity contribution in [2.75, 3.05) is 6.54 Å². The number of benzene rings is 2. The number of aromatic nitrogens is 1. The van der Waals surface area contributed by atoms with Gasteiger partial charge in [-0.25, -0.2) is 9.18 Å². The molecule has 164 valence electrons. The predicted octanol–water partition coefficient (Wildman–Crippen LogP) is 3.25. The third-order valence-electron chi connectivity index (χ3n) is 5.48. The smallest absolute Gasteiger partial charge is 0.321 e. The van der Waals surface area contributed by atoms with Crippen molar-refractivity contribution in [1.82, 2.24) is 20.7 Å². The van der Waals surface area contributed by atoms with Crippen LogP contribution in [0.25, 0.3) is 11.1 Å². The maximum atomic E-state index is 13.6. The van der Waals surface area contributed by atoms with E-state index in [1.807, 2.05) is 38.1 Å². The van der Waals surface area contributed by atoms with E-state index in [0.717, 1.165) is 27.9 Å². The maximum absolute atomic E-state index is 13.6. The molecular formula is C23H21FN4O4. The number of carbonyl (C=O) groups excluding carboxylic acids is 3. The number of carbonyl (C=O) groups is 3. The number of urea groups is 1. The Morgan fingerprint density at radius 1 is 1.25 bits per heavy atom. The van der Waals surface area contributed by atoms with Crippen molar-refractivity contribution in [2.24, 2.45) is 0 Å². The standard InChI is InChI=1S/C23H21FN4O4/c1-13-21(14(2)32-27-13)16-5-3-15(4-6-16)20(26-23(31)25-12-29)11-28-10-17-7-8-18(24)9-19(17)22(28)30/h3-9,12,20H,10-11H2,1-2H3,(H2,25,26,29,31)/t20-/m0/s1. The minimum Gasteiger partial charge on any atom is -0.361 e. The van der Waals surface area contributed by atoms with E-state index in [9.17, 15) is 18.8 Å². The molecule has 0 radical (unpaired) electrons. The van der Waals surface area contributed by atoms with Gasteiger partial charge in [0.2, 0.25) is 6.41 Å². The lowest BCUT2D eigenvalue weighted by Crippen LogP contribution is -2.42. The van der Waals surface area contributed by atoms with Gasteiger partial charge in [0.1, 0.15) is 11.6 Å². The lowest BCUT2D eigenvalue weighted by atomic mass is 9.99. The molecule has 0 aliphatic carbocycles. The fourth-order valence-corrected chi connectivity index (χ4v) is 3.97. The van der Waals surface area contributed by atoms with Crippen molar-refractivity contribution in [3.63, 3.8) is 0 Å². The van der Waals surface area contributed by atoms with E-state index < -0.39 is 17.9 Å². The molecule has 0 saturated carbocycles. The topological polar surface area (TPSA) is 105 Å². The third kappa shape index (κ3) is 4.09. The maximum Gasteiger partial charge on any atom is 0.321 e. The second-order valence-electron chi connectivity index (χ2n) is 7.60.